The van der Waals surface area contributed by atoms with Gasteiger partial charge >= 0.3 is 0 Å². The highest BCUT2D eigenvalue weighted by Gasteiger charge is 2.17. The van der Waals surface area contributed by atoms with Gasteiger partial charge in [0, 0.05) is 4.05 Å². The van der Waals surface area contributed by atoms with Gasteiger partial charge in [0.15, 0.2) is 0 Å². The summed E-state index contributed by atoms with van der Waals surface area (Å²) in [5, 5.41) is 0. The van der Waals surface area contributed by atoms with Crippen LogP contribution in [0.2, 0.25) is 6.55 Å². The first-order valence-electron chi connectivity index (χ1n) is 1.50. The van der Waals surface area contributed by atoms with Crippen molar-refractivity contribution in [3.8, 4) is 0 Å². The van der Waals surface area contributed by atoms with E-state index < -0.39 is 6.69 Å². The van der Waals surface area contributed by atoms with Gasteiger partial charge in [0.2, 0.25) is 0 Å². The molecule has 0 unspecified atom stereocenters. The Kier molecular flexibility index (Phi) is 3.44. The third-order valence-electron chi connectivity index (χ3n) is 0.235. The first-order valence-corrected chi connectivity index (χ1v) is 7.76. The molecule has 0 atom stereocenters. The van der Waals surface area contributed by atoms with Crippen LogP contribution in [0.25, 0.3) is 0 Å². The summed E-state index contributed by atoms with van der Waals surface area (Å²) in [7, 11) is 0. The summed E-state index contributed by atoms with van der Waals surface area (Å²) < 4.78 is 0.911. The first-order chi connectivity index (χ1) is 2.56. The normalized spacial score (nSPS) is 12.0. The van der Waals surface area contributed by atoms with Crippen LogP contribution in [0.5, 0.6) is 0 Å². The van der Waals surface area contributed by atoms with Crippen LogP contribution < -0.4 is 0 Å². The Balaban J connectivity index is 3.17. The van der Waals surface area contributed by atoms with Gasteiger partial charge in [0.05, 0.1) is 0 Å². The summed E-state index contributed by atoms with van der Waals surface area (Å²) in [4.78, 5) is 0. The van der Waals surface area contributed by atoms with Crippen LogP contribution in [0, 0.1) is 0 Å². The van der Waals surface area contributed by atoms with Crippen LogP contribution in [-0.4, -0.2) is 10.7 Å². The number of hydrogen-bond acceptors (Lipinski definition) is 0. The van der Waals surface area contributed by atoms with Gasteiger partial charge in [-0.2, -0.15) is 0 Å². The minimum absolute atomic E-state index is 0.911. The lowest BCUT2D eigenvalue weighted by Gasteiger charge is -2.00. The molecule has 0 fully saturated rings. The van der Waals surface area contributed by atoms with Crippen molar-refractivity contribution >= 4 is 51.4 Å². The third-order valence-corrected chi connectivity index (χ3v) is 8.79. The van der Waals surface area contributed by atoms with Crippen molar-refractivity contribution in [2.45, 2.75) is 6.55 Å². The fourth-order valence-electron chi connectivity index (χ4n) is 0. The quantitative estimate of drug-likeness (QED) is 0.292. The predicted molar refractivity (Wildman–Crippen MR) is 42.2 cm³/mol. The van der Waals surface area contributed by atoms with Gasteiger partial charge in [-0.1, -0.05) is 22.6 Å². The summed E-state index contributed by atoms with van der Waals surface area (Å²) in [6.07, 6.45) is 0. The van der Waals surface area contributed by atoms with Gasteiger partial charge in [0.1, 0.15) is 0 Å². The Morgan fingerprint density at radius 1 is 1.67 bits per heavy atom. The molecule has 0 bridgehead atoms. The van der Waals surface area contributed by atoms with E-state index in [0.29, 0.717) is 0 Å². The molecule has 6 heavy (non-hydrogen) atoms. The number of hydrogen-bond donors (Lipinski definition) is 0. The second-order valence-corrected chi connectivity index (χ2v) is 11.5. The molecule has 0 saturated carbocycles. The van der Waals surface area contributed by atoms with E-state index in [1.165, 1.54) is 0 Å². The molecule has 0 heterocycles. The molecular formula is C2H5Cl2ISi. The molecule has 0 N–H and O–H groups in total. The van der Waals surface area contributed by atoms with Crippen LogP contribution in [0.3, 0.4) is 0 Å². The Bertz CT molecular complexity index is 41.3. The van der Waals surface area contributed by atoms with Crippen LogP contribution in [0.15, 0.2) is 0 Å². The summed E-state index contributed by atoms with van der Waals surface area (Å²) in [6.45, 7) is 0.205. The van der Waals surface area contributed by atoms with Crippen LogP contribution in [-0.2, 0) is 0 Å². The third kappa shape index (κ3) is 5.53. The van der Waals surface area contributed by atoms with Crippen molar-refractivity contribution < 1.29 is 0 Å². The molecule has 0 aromatic heterocycles. The Labute approximate surface area is 61.8 Å². The van der Waals surface area contributed by atoms with Crippen molar-refractivity contribution in [3.05, 3.63) is 0 Å². The molecular weight excluding hydrogens is 250 g/mol. The van der Waals surface area contributed by atoms with Gasteiger partial charge in [-0.05, 0) is 6.55 Å². The zero-order valence-corrected chi connectivity index (χ0v) is 8.01. The monoisotopic (exact) mass is 254 g/mol. The average Bonchev–Trinajstić information content (AvgIpc) is 1.35. The lowest BCUT2D eigenvalue weighted by atomic mass is 11.9. The molecule has 4 heteroatoms. The zero-order valence-electron chi connectivity index (χ0n) is 3.34. The van der Waals surface area contributed by atoms with E-state index in [9.17, 15) is 0 Å². The molecule has 0 aliphatic carbocycles. The number of alkyl halides is 1. The summed E-state index contributed by atoms with van der Waals surface area (Å²) in [5.74, 6) is 0. The molecule has 0 rings (SSSR count). The molecule has 0 aliphatic rings. The lowest BCUT2D eigenvalue weighted by molar-refractivity contribution is 2.05. The van der Waals surface area contributed by atoms with Crippen molar-refractivity contribution in [3.63, 3.8) is 0 Å². The van der Waals surface area contributed by atoms with E-state index in [1.54, 1.807) is 0 Å². The van der Waals surface area contributed by atoms with Gasteiger partial charge in [0.25, 0.3) is 6.69 Å². The highest BCUT2D eigenvalue weighted by Crippen LogP contribution is 2.15. The Morgan fingerprint density at radius 3 is 1.83 bits per heavy atom. The molecule has 0 nitrogen and oxygen atoms in total. The maximum atomic E-state index is 5.61. The van der Waals surface area contributed by atoms with Gasteiger partial charge in [-0.25, -0.2) is 0 Å². The fraction of sp³-hybridized carbons (Fsp3) is 1.00. The van der Waals surface area contributed by atoms with Crippen molar-refractivity contribution in [1.82, 2.24) is 0 Å². The van der Waals surface area contributed by atoms with E-state index >= 15 is 0 Å². The summed E-state index contributed by atoms with van der Waals surface area (Å²) >= 11 is 13.4. The fourth-order valence-corrected chi connectivity index (χ4v) is 0. The predicted octanol–water partition coefficient (Wildman–Crippen LogP) is 2.51. The van der Waals surface area contributed by atoms with E-state index in [0.717, 1.165) is 4.05 Å². The maximum Gasteiger partial charge on any atom is 0.257 e. The van der Waals surface area contributed by atoms with Crippen molar-refractivity contribution in [1.29, 1.82) is 0 Å². The van der Waals surface area contributed by atoms with Crippen LogP contribution in [0.1, 0.15) is 0 Å². The lowest BCUT2D eigenvalue weighted by Crippen LogP contribution is -2.14. The van der Waals surface area contributed by atoms with E-state index in [2.05, 4.69) is 22.6 Å². The van der Waals surface area contributed by atoms with Gasteiger partial charge in [-0.3, -0.25) is 0 Å². The summed E-state index contributed by atoms with van der Waals surface area (Å²) in [6, 6.07) is 0. The molecule has 0 aromatic carbocycles. The molecule has 0 amide bonds. The first kappa shape index (κ1) is 7.53. The molecule has 0 radical (unpaired) electrons. The molecule has 0 spiro atoms. The highest BCUT2D eigenvalue weighted by atomic mass is 127. The van der Waals surface area contributed by atoms with E-state index in [1.807, 2.05) is 6.55 Å². The van der Waals surface area contributed by atoms with E-state index in [4.69, 9.17) is 22.2 Å². The van der Waals surface area contributed by atoms with Gasteiger partial charge in [-0.15, -0.1) is 22.2 Å². The maximum absolute atomic E-state index is 5.61. The number of rotatable bonds is 1. The molecule has 38 valence electrons. The Morgan fingerprint density at radius 2 is 1.83 bits per heavy atom. The minimum atomic E-state index is -1.70. The minimum Gasteiger partial charge on any atom is -0.145 e. The van der Waals surface area contributed by atoms with Crippen LogP contribution >= 0.6 is 44.7 Å². The average molecular weight is 255 g/mol. The Hall–Kier alpha value is 1.53. The van der Waals surface area contributed by atoms with E-state index in [-0.39, 0.29) is 0 Å². The standard InChI is InChI=1S/C2H5Cl2ISi/c1-6(3,4)2-5/h2H2,1H3. The van der Waals surface area contributed by atoms with Crippen LogP contribution in [0.4, 0.5) is 0 Å². The molecule has 0 saturated heterocycles. The highest BCUT2D eigenvalue weighted by molar-refractivity contribution is 14.1. The number of halogens is 3. The topological polar surface area (TPSA) is 0 Å². The molecule has 0 aromatic rings. The summed E-state index contributed by atoms with van der Waals surface area (Å²) in [5.41, 5.74) is 0. The second kappa shape index (κ2) is 2.74. The van der Waals surface area contributed by atoms with Crippen molar-refractivity contribution in [2.24, 2.45) is 0 Å². The smallest absolute Gasteiger partial charge is 0.145 e. The largest absolute Gasteiger partial charge is 0.257 e. The zero-order chi connectivity index (χ0) is 5.21. The SMILES string of the molecule is C[Si](Cl)(Cl)CI. The van der Waals surface area contributed by atoms with Gasteiger partial charge < -0.3 is 0 Å². The molecule has 0 aliphatic heterocycles. The van der Waals surface area contributed by atoms with Crippen molar-refractivity contribution in [2.75, 3.05) is 4.05 Å². The second-order valence-electron chi connectivity index (χ2n) is 1.20.